The number of carbonyl (C=O) groups excluding carboxylic acids is 2. The predicted octanol–water partition coefficient (Wildman–Crippen LogP) is 2.40. The quantitative estimate of drug-likeness (QED) is 0.815. The Hall–Kier alpha value is -2.25. The molecule has 2 amide bonds. The van der Waals surface area contributed by atoms with Crippen molar-refractivity contribution in [1.82, 2.24) is 15.5 Å². The van der Waals surface area contributed by atoms with E-state index in [0.717, 1.165) is 0 Å². The summed E-state index contributed by atoms with van der Waals surface area (Å²) in [5, 5.41) is 7.68. The number of halogens is 1. The number of benzene rings is 1. The van der Waals surface area contributed by atoms with E-state index in [9.17, 15) is 14.0 Å². The van der Waals surface area contributed by atoms with Gasteiger partial charge in [0.2, 0.25) is 5.91 Å². The maximum absolute atomic E-state index is 14.0. The van der Waals surface area contributed by atoms with Crippen LogP contribution in [0.4, 0.5) is 4.39 Å². The second-order valence-electron chi connectivity index (χ2n) is 6.31. The lowest BCUT2D eigenvalue weighted by molar-refractivity contribution is -0.125. The SMILES string of the molecule is CCNC(=O)[C@@H]1C[C@@H](NC(=O)c2cccs2)CN1Cc1ccccc1F. The highest BCUT2D eigenvalue weighted by atomic mass is 32.1. The number of hydrogen-bond acceptors (Lipinski definition) is 4. The second-order valence-corrected chi connectivity index (χ2v) is 7.26. The van der Waals surface area contributed by atoms with E-state index in [-0.39, 0.29) is 29.7 Å². The predicted molar refractivity (Wildman–Crippen MR) is 99.5 cm³/mol. The number of thiophene rings is 1. The van der Waals surface area contributed by atoms with E-state index in [4.69, 9.17) is 0 Å². The molecule has 0 unspecified atom stereocenters. The van der Waals surface area contributed by atoms with Crippen LogP contribution < -0.4 is 10.6 Å². The highest BCUT2D eigenvalue weighted by Crippen LogP contribution is 2.23. The smallest absolute Gasteiger partial charge is 0.261 e. The lowest BCUT2D eigenvalue weighted by Crippen LogP contribution is -2.42. The number of likely N-dealkylation sites (N-methyl/N-ethyl adjacent to an activating group) is 1. The molecule has 2 N–H and O–H groups in total. The number of hydrogen-bond donors (Lipinski definition) is 2. The Morgan fingerprint density at radius 3 is 2.77 bits per heavy atom. The van der Waals surface area contributed by atoms with Crippen LogP contribution in [-0.4, -0.2) is 41.9 Å². The lowest BCUT2D eigenvalue weighted by atomic mass is 10.1. The number of rotatable bonds is 6. The van der Waals surface area contributed by atoms with E-state index in [1.165, 1.54) is 17.4 Å². The van der Waals surface area contributed by atoms with Crippen molar-refractivity contribution in [1.29, 1.82) is 0 Å². The minimum absolute atomic E-state index is 0.0864. The fourth-order valence-corrected chi connectivity index (χ4v) is 3.88. The monoisotopic (exact) mass is 375 g/mol. The van der Waals surface area contributed by atoms with Gasteiger partial charge in [-0.3, -0.25) is 14.5 Å². The van der Waals surface area contributed by atoms with Crippen LogP contribution >= 0.6 is 11.3 Å². The molecule has 0 bridgehead atoms. The standard InChI is InChI=1S/C19H22FN3O2S/c1-2-21-18(24)16-10-14(22-19(25)17-8-5-9-26-17)12-23(16)11-13-6-3-4-7-15(13)20/h3-9,14,16H,2,10-12H2,1H3,(H,21,24)(H,22,25)/t14-,16+/m1/s1. The first kappa shape index (κ1) is 18.5. The lowest BCUT2D eigenvalue weighted by Gasteiger charge is -2.23. The van der Waals surface area contributed by atoms with Crippen LogP contribution in [0.3, 0.4) is 0 Å². The van der Waals surface area contributed by atoms with Crippen LogP contribution in [0.5, 0.6) is 0 Å². The summed E-state index contributed by atoms with van der Waals surface area (Å²) in [5.41, 5.74) is 0.548. The molecular weight excluding hydrogens is 353 g/mol. The van der Waals surface area contributed by atoms with Gasteiger partial charge < -0.3 is 10.6 Å². The Morgan fingerprint density at radius 1 is 1.27 bits per heavy atom. The summed E-state index contributed by atoms with van der Waals surface area (Å²) in [6.07, 6.45) is 0.511. The van der Waals surface area contributed by atoms with Crippen molar-refractivity contribution in [3.8, 4) is 0 Å². The molecule has 0 radical (unpaired) electrons. The molecule has 3 rings (SSSR count). The second kappa shape index (κ2) is 8.42. The Balaban J connectivity index is 1.71. The summed E-state index contributed by atoms with van der Waals surface area (Å²) in [7, 11) is 0. The van der Waals surface area contributed by atoms with Gasteiger partial charge in [0.15, 0.2) is 0 Å². The third-order valence-electron chi connectivity index (χ3n) is 4.47. The van der Waals surface area contributed by atoms with Crippen molar-refractivity contribution in [2.24, 2.45) is 0 Å². The molecule has 26 heavy (non-hydrogen) atoms. The van der Waals surface area contributed by atoms with Crippen LogP contribution in [-0.2, 0) is 11.3 Å². The van der Waals surface area contributed by atoms with E-state index in [1.54, 1.807) is 24.3 Å². The highest BCUT2D eigenvalue weighted by molar-refractivity contribution is 7.12. The van der Waals surface area contributed by atoms with Crippen molar-refractivity contribution < 1.29 is 14.0 Å². The zero-order valence-electron chi connectivity index (χ0n) is 14.6. The average molecular weight is 375 g/mol. The van der Waals surface area contributed by atoms with E-state index in [0.29, 0.717) is 36.5 Å². The molecule has 0 aliphatic carbocycles. The molecule has 0 saturated carbocycles. The zero-order valence-corrected chi connectivity index (χ0v) is 15.4. The summed E-state index contributed by atoms with van der Waals surface area (Å²) in [6.45, 7) is 3.24. The van der Waals surface area contributed by atoms with Crippen molar-refractivity contribution in [2.45, 2.75) is 32.0 Å². The Kier molecular flexibility index (Phi) is 6.00. The topological polar surface area (TPSA) is 61.4 Å². The summed E-state index contributed by atoms with van der Waals surface area (Å²) in [4.78, 5) is 27.3. The third kappa shape index (κ3) is 4.28. The van der Waals surface area contributed by atoms with Crippen molar-refractivity contribution in [2.75, 3.05) is 13.1 Å². The van der Waals surface area contributed by atoms with Crippen LogP contribution in [0, 0.1) is 5.82 Å². The first-order chi connectivity index (χ1) is 12.6. The van der Waals surface area contributed by atoms with Gasteiger partial charge in [-0.15, -0.1) is 11.3 Å². The minimum Gasteiger partial charge on any atom is -0.355 e. The molecule has 5 nitrogen and oxygen atoms in total. The Labute approximate surface area is 156 Å². The number of carbonyl (C=O) groups is 2. The largest absolute Gasteiger partial charge is 0.355 e. The maximum Gasteiger partial charge on any atom is 0.261 e. The maximum atomic E-state index is 14.0. The summed E-state index contributed by atoms with van der Waals surface area (Å²) in [5.74, 6) is -0.502. The van der Waals surface area contributed by atoms with E-state index >= 15 is 0 Å². The van der Waals surface area contributed by atoms with Crippen molar-refractivity contribution in [3.05, 3.63) is 58.0 Å². The number of likely N-dealkylation sites (tertiary alicyclic amines) is 1. The molecule has 1 fully saturated rings. The molecule has 1 aliphatic heterocycles. The van der Waals surface area contributed by atoms with Crippen LogP contribution in [0.25, 0.3) is 0 Å². The van der Waals surface area contributed by atoms with Crippen molar-refractivity contribution in [3.63, 3.8) is 0 Å². The van der Waals surface area contributed by atoms with Gasteiger partial charge in [-0.05, 0) is 30.9 Å². The van der Waals surface area contributed by atoms with Gasteiger partial charge in [0.25, 0.3) is 5.91 Å². The number of nitrogens with zero attached hydrogens (tertiary/aromatic N) is 1. The Morgan fingerprint density at radius 2 is 2.08 bits per heavy atom. The van der Waals surface area contributed by atoms with Gasteiger partial charge in [-0.1, -0.05) is 24.3 Å². The average Bonchev–Trinajstić information content (AvgIpc) is 3.27. The highest BCUT2D eigenvalue weighted by Gasteiger charge is 2.37. The van der Waals surface area contributed by atoms with Crippen LogP contribution in [0.2, 0.25) is 0 Å². The molecule has 2 atom stereocenters. The molecule has 1 aliphatic rings. The molecule has 1 saturated heterocycles. The van der Waals surface area contributed by atoms with E-state index in [1.807, 2.05) is 23.3 Å². The Bertz CT molecular complexity index is 766. The summed E-state index contributed by atoms with van der Waals surface area (Å²) < 4.78 is 14.0. The van der Waals surface area contributed by atoms with Crippen LogP contribution in [0.15, 0.2) is 41.8 Å². The van der Waals surface area contributed by atoms with Gasteiger partial charge >= 0.3 is 0 Å². The van der Waals surface area contributed by atoms with Crippen molar-refractivity contribution >= 4 is 23.2 Å². The summed E-state index contributed by atoms with van der Waals surface area (Å²) in [6, 6.07) is 9.64. The normalized spacial score (nSPS) is 20.1. The van der Waals surface area contributed by atoms with Gasteiger partial charge in [0.1, 0.15) is 5.82 Å². The third-order valence-corrected chi connectivity index (χ3v) is 5.34. The molecule has 2 aromatic rings. The molecule has 2 heterocycles. The fourth-order valence-electron chi connectivity index (χ4n) is 3.26. The first-order valence-electron chi connectivity index (χ1n) is 8.68. The van der Waals surface area contributed by atoms with Gasteiger partial charge in [0.05, 0.1) is 10.9 Å². The van der Waals surface area contributed by atoms with Gasteiger partial charge in [-0.25, -0.2) is 4.39 Å². The van der Waals surface area contributed by atoms with Gasteiger partial charge in [0, 0.05) is 31.2 Å². The molecule has 0 spiro atoms. The zero-order chi connectivity index (χ0) is 18.5. The molecule has 138 valence electrons. The minimum atomic E-state index is -0.386. The van der Waals surface area contributed by atoms with E-state index < -0.39 is 0 Å². The van der Waals surface area contributed by atoms with Crippen LogP contribution in [0.1, 0.15) is 28.6 Å². The molecule has 1 aromatic heterocycles. The van der Waals surface area contributed by atoms with E-state index in [2.05, 4.69) is 10.6 Å². The number of nitrogens with one attached hydrogen (secondary N) is 2. The molecular formula is C19H22FN3O2S. The number of amides is 2. The summed E-state index contributed by atoms with van der Waals surface area (Å²) >= 11 is 1.38. The fraction of sp³-hybridized carbons (Fsp3) is 0.368. The molecule has 7 heteroatoms. The molecule has 1 aromatic carbocycles. The van der Waals surface area contributed by atoms with Gasteiger partial charge in [-0.2, -0.15) is 0 Å². The first-order valence-corrected chi connectivity index (χ1v) is 9.56.